The summed E-state index contributed by atoms with van der Waals surface area (Å²) in [4.78, 5) is 29.7. The third-order valence-corrected chi connectivity index (χ3v) is 2.15. The number of H-pyrrole nitrogens is 1. The highest BCUT2D eigenvalue weighted by Crippen LogP contribution is 2.01. The van der Waals surface area contributed by atoms with E-state index in [1.807, 2.05) is 0 Å². The fourth-order valence-electron chi connectivity index (χ4n) is 1.23. The molecule has 2 N–H and O–H groups in total. The van der Waals surface area contributed by atoms with E-state index in [0.717, 1.165) is 0 Å². The van der Waals surface area contributed by atoms with Gasteiger partial charge in [0.15, 0.2) is 0 Å². The van der Waals surface area contributed by atoms with Crippen LogP contribution in [0, 0.1) is 0 Å². The van der Waals surface area contributed by atoms with Crippen molar-refractivity contribution >= 4 is 11.9 Å². The van der Waals surface area contributed by atoms with E-state index < -0.39 is 12.0 Å². The maximum Gasteiger partial charge on any atom is 0.328 e. The van der Waals surface area contributed by atoms with Crippen molar-refractivity contribution in [2.45, 2.75) is 19.4 Å². The number of amides is 1. The highest BCUT2D eigenvalue weighted by atomic mass is 16.5. The number of methoxy groups -OCH3 is 1. The number of nitrogens with one attached hydrogen (secondary N) is 2. The molecule has 1 aromatic heterocycles. The standard InChI is InChI=1S/C11H15N3O3/c1-7(2)10(15)14-9(11(16)17-3)4-8-5-12-6-13-8/h5-6,9H,1,4H2,2-3H3,(H,12,13)(H,14,15). The lowest BCUT2D eigenvalue weighted by atomic mass is 10.1. The SMILES string of the molecule is C=C(C)C(=O)NC(Cc1c[nH]cn1)C(=O)OC. The Morgan fingerprint density at radius 2 is 2.35 bits per heavy atom. The second kappa shape index (κ2) is 5.83. The first kappa shape index (κ1) is 13.0. The van der Waals surface area contributed by atoms with E-state index in [4.69, 9.17) is 0 Å². The second-order valence-electron chi connectivity index (χ2n) is 3.59. The molecule has 0 spiro atoms. The molecule has 0 saturated carbocycles. The van der Waals surface area contributed by atoms with E-state index in [-0.39, 0.29) is 12.3 Å². The van der Waals surface area contributed by atoms with Crippen LogP contribution in [-0.2, 0) is 20.7 Å². The van der Waals surface area contributed by atoms with E-state index in [1.165, 1.54) is 13.4 Å². The summed E-state index contributed by atoms with van der Waals surface area (Å²) < 4.78 is 4.62. The smallest absolute Gasteiger partial charge is 0.328 e. The minimum absolute atomic E-state index is 0.273. The molecule has 6 heteroatoms. The van der Waals surface area contributed by atoms with E-state index >= 15 is 0 Å². The van der Waals surface area contributed by atoms with Gasteiger partial charge in [0.1, 0.15) is 6.04 Å². The van der Waals surface area contributed by atoms with Crippen molar-refractivity contribution in [1.82, 2.24) is 15.3 Å². The van der Waals surface area contributed by atoms with Crippen molar-refractivity contribution < 1.29 is 14.3 Å². The van der Waals surface area contributed by atoms with Crippen LogP contribution in [0.25, 0.3) is 0 Å². The van der Waals surface area contributed by atoms with Crippen molar-refractivity contribution in [3.8, 4) is 0 Å². The Labute approximate surface area is 99.1 Å². The van der Waals surface area contributed by atoms with Crippen molar-refractivity contribution in [3.05, 3.63) is 30.4 Å². The summed E-state index contributed by atoms with van der Waals surface area (Å²) in [6.45, 7) is 5.07. The Morgan fingerprint density at radius 1 is 1.65 bits per heavy atom. The largest absolute Gasteiger partial charge is 0.467 e. The van der Waals surface area contributed by atoms with Gasteiger partial charge in [0.05, 0.1) is 19.1 Å². The number of ether oxygens (including phenoxy) is 1. The van der Waals surface area contributed by atoms with Gasteiger partial charge in [0.2, 0.25) is 5.91 Å². The molecule has 0 fully saturated rings. The number of aromatic amines is 1. The molecule has 1 unspecified atom stereocenters. The lowest BCUT2D eigenvalue weighted by molar-refractivity contribution is -0.144. The molecule has 1 aromatic rings. The summed E-state index contributed by atoms with van der Waals surface area (Å²) in [5.41, 5.74) is 1.00. The summed E-state index contributed by atoms with van der Waals surface area (Å²) in [6, 6.07) is -0.757. The predicted octanol–water partition coefficient (Wildman–Crippen LogP) is 0.186. The highest BCUT2D eigenvalue weighted by Gasteiger charge is 2.22. The average Bonchev–Trinajstić information content (AvgIpc) is 2.79. The minimum Gasteiger partial charge on any atom is -0.467 e. The number of imidazole rings is 1. The van der Waals surface area contributed by atoms with Gasteiger partial charge in [0, 0.05) is 18.2 Å². The maximum atomic E-state index is 11.5. The Bertz CT molecular complexity index is 412. The quantitative estimate of drug-likeness (QED) is 0.565. The summed E-state index contributed by atoms with van der Waals surface area (Å²) >= 11 is 0. The van der Waals surface area contributed by atoms with Crippen molar-refractivity contribution in [2.24, 2.45) is 0 Å². The van der Waals surface area contributed by atoms with Gasteiger partial charge in [-0.05, 0) is 6.92 Å². The molecule has 0 aromatic carbocycles. The van der Waals surface area contributed by atoms with Crippen LogP contribution in [0.1, 0.15) is 12.6 Å². The molecule has 1 atom stereocenters. The maximum absolute atomic E-state index is 11.5. The third kappa shape index (κ3) is 3.75. The molecular weight excluding hydrogens is 222 g/mol. The topological polar surface area (TPSA) is 84.1 Å². The van der Waals surface area contributed by atoms with Gasteiger partial charge < -0.3 is 15.0 Å². The zero-order valence-corrected chi connectivity index (χ0v) is 9.82. The van der Waals surface area contributed by atoms with Crippen LogP contribution in [0.4, 0.5) is 0 Å². The number of esters is 1. The van der Waals surface area contributed by atoms with Gasteiger partial charge in [0.25, 0.3) is 0 Å². The summed E-state index contributed by atoms with van der Waals surface area (Å²) in [5.74, 6) is -0.890. The van der Waals surface area contributed by atoms with Gasteiger partial charge in [-0.3, -0.25) is 4.79 Å². The van der Waals surface area contributed by atoms with Gasteiger partial charge >= 0.3 is 5.97 Å². The van der Waals surface area contributed by atoms with Crippen LogP contribution in [0.15, 0.2) is 24.7 Å². The first-order chi connectivity index (χ1) is 8.04. The second-order valence-corrected chi connectivity index (χ2v) is 3.59. The molecule has 0 aliphatic heterocycles. The first-order valence-corrected chi connectivity index (χ1v) is 5.06. The monoisotopic (exact) mass is 237 g/mol. The van der Waals surface area contributed by atoms with Crippen LogP contribution in [0.2, 0.25) is 0 Å². The van der Waals surface area contributed by atoms with E-state index in [9.17, 15) is 9.59 Å². The lowest BCUT2D eigenvalue weighted by Crippen LogP contribution is -2.43. The van der Waals surface area contributed by atoms with E-state index in [2.05, 4.69) is 26.6 Å². The number of hydrogen-bond donors (Lipinski definition) is 2. The minimum atomic E-state index is -0.757. The fraction of sp³-hybridized carbons (Fsp3) is 0.364. The van der Waals surface area contributed by atoms with Gasteiger partial charge in [-0.2, -0.15) is 0 Å². The zero-order chi connectivity index (χ0) is 12.8. The van der Waals surface area contributed by atoms with Gasteiger partial charge in [-0.15, -0.1) is 0 Å². The van der Waals surface area contributed by atoms with E-state index in [0.29, 0.717) is 11.3 Å². The molecule has 0 radical (unpaired) electrons. The first-order valence-electron chi connectivity index (χ1n) is 5.06. The molecule has 0 bridgehead atoms. The normalized spacial score (nSPS) is 11.6. The van der Waals surface area contributed by atoms with Crippen LogP contribution >= 0.6 is 0 Å². The Hall–Kier alpha value is -2.11. The van der Waals surface area contributed by atoms with Crippen LogP contribution in [0.5, 0.6) is 0 Å². The predicted molar refractivity (Wildman–Crippen MR) is 61.1 cm³/mol. The molecule has 6 nitrogen and oxygen atoms in total. The van der Waals surface area contributed by atoms with Crippen LogP contribution in [-0.4, -0.2) is 35.0 Å². The number of aromatic nitrogens is 2. The van der Waals surface area contributed by atoms with Crippen LogP contribution in [0.3, 0.4) is 0 Å². The lowest BCUT2D eigenvalue weighted by Gasteiger charge is -2.15. The van der Waals surface area contributed by atoms with Crippen LogP contribution < -0.4 is 5.32 Å². The number of hydrogen-bond acceptors (Lipinski definition) is 4. The summed E-state index contributed by atoms with van der Waals surface area (Å²) in [6.07, 6.45) is 3.43. The van der Waals surface area contributed by atoms with Crippen molar-refractivity contribution in [3.63, 3.8) is 0 Å². The summed E-state index contributed by atoms with van der Waals surface area (Å²) in [7, 11) is 1.27. The van der Waals surface area contributed by atoms with Crippen molar-refractivity contribution in [2.75, 3.05) is 7.11 Å². The van der Waals surface area contributed by atoms with Crippen molar-refractivity contribution in [1.29, 1.82) is 0 Å². The zero-order valence-electron chi connectivity index (χ0n) is 9.82. The molecule has 0 aliphatic rings. The third-order valence-electron chi connectivity index (χ3n) is 2.15. The molecule has 1 amide bonds. The molecule has 17 heavy (non-hydrogen) atoms. The number of nitrogens with zero attached hydrogens (tertiary/aromatic N) is 1. The Morgan fingerprint density at radius 3 is 2.82 bits per heavy atom. The molecular formula is C11H15N3O3. The highest BCUT2D eigenvalue weighted by molar-refractivity contribution is 5.95. The molecule has 92 valence electrons. The summed E-state index contributed by atoms with van der Waals surface area (Å²) in [5, 5.41) is 2.54. The molecule has 0 saturated heterocycles. The number of carbonyl (C=O) groups excluding carboxylic acids is 2. The fourth-order valence-corrected chi connectivity index (χ4v) is 1.23. The number of carbonyl (C=O) groups is 2. The van der Waals surface area contributed by atoms with E-state index in [1.54, 1.807) is 13.1 Å². The van der Waals surface area contributed by atoms with Gasteiger partial charge in [-0.1, -0.05) is 6.58 Å². The number of rotatable bonds is 5. The van der Waals surface area contributed by atoms with Gasteiger partial charge in [-0.25, -0.2) is 9.78 Å². The molecule has 1 rings (SSSR count). The molecule has 0 aliphatic carbocycles. The molecule has 1 heterocycles. The Kier molecular flexibility index (Phi) is 4.45. The average molecular weight is 237 g/mol. The Balaban J connectivity index is 2.70.